The Hall–Kier alpha value is -3.46. The molecule has 15 heteroatoms. The first-order chi connectivity index (χ1) is 17.3. The Kier molecular flexibility index (Phi) is 16.2. The molecule has 0 fully saturated rings. The van der Waals surface area contributed by atoms with Crippen molar-refractivity contribution in [2.45, 2.75) is 83.0 Å². The molecule has 0 aromatic rings. The van der Waals surface area contributed by atoms with Crippen LogP contribution >= 0.6 is 0 Å². The predicted molar refractivity (Wildman–Crippen MR) is 137 cm³/mol. The number of guanidine groups is 1. The second-order valence-electron chi connectivity index (χ2n) is 9.04. The van der Waals surface area contributed by atoms with Gasteiger partial charge in [0.25, 0.3) is 0 Å². The van der Waals surface area contributed by atoms with Crippen LogP contribution in [0.3, 0.4) is 0 Å². The van der Waals surface area contributed by atoms with Gasteiger partial charge in [-0.25, -0.2) is 4.79 Å². The second kappa shape index (κ2) is 17.9. The number of primary amides is 1. The summed E-state index contributed by atoms with van der Waals surface area (Å²) in [6.07, 6.45) is 1.57. The first-order valence-electron chi connectivity index (χ1n) is 12.2. The molecule has 0 heterocycles. The Balaban J connectivity index is 5.62. The van der Waals surface area contributed by atoms with Gasteiger partial charge in [0.2, 0.25) is 23.6 Å². The van der Waals surface area contributed by atoms with E-state index in [1.165, 1.54) is 0 Å². The van der Waals surface area contributed by atoms with Gasteiger partial charge in [0, 0.05) is 13.0 Å². The Morgan fingerprint density at radius 1 is 0.811 bits per heavy atom. The summed E-state index contributed by atoms with van der Waals surface area (Å²) in [5.41, 5.74) is 27.1. The third-order valence-corrected chi connectivity index (χ3v) is 5.43. The molecule has 0 aliphatic heterocycles. The number of aliphatic carboxylic acids is 1. The highest BCUT2D eigenvalue weighted by molar-refractivity contribution is 5.94. The van der Waals surface area contributed by atoms with Gasteiger partial charge in [-0.3, -0.25) is 24.2 Å². The van der Waals surface area contributed by atoms with Crippen molar-refractivity contribution < 1.29 is 29.1 Å². The van der Waals surface area contributed by atoms with Gasteiger partial charge in [-0.05, 0) is 51.0 Å². The number of aliphatic imine (C=N–C) groups is 1. The maximum Gasteiger partial charge on any atom is 0.326 e. The lowest BCUT2D eigenvalue weighted by Gasteiger charge is -2.26. The van der Waals surface area contributed by atoms with Gasteiger partial charge in [-0.2, -0.15) is 0 Å². The van der Waals surface area contributed by atoms with Gasteiger partial charge in [0.15, 0.2) is 5.96 Å². The number of amides is 4. The van der Waals surface area contributed by atoms with Crippen LogP contribution in [0.4, 0.5) is 0 Å². The average molecular weight is 530 g/mol. The molecular formula is C22H43N9O6. The molecule has 0 saturated carbocycles. The number of hydrogen-bond acceptors (Lipinski definition) is 8. The minimum Gasteiger partial charge on any atom is -0.480 e. The van der Waals surface area contributed by atoms with E-state index in [1.54, 1.807) is 13.8 Å². The van der Waals surface area contributed by atoms with Gasteiger partial charge in [0.1, 0.15) is 18.1 Å². The van der Waals surface area contributed by atoms with E-state index in [1.807, 2.05) is 0 Å². The van der Waals surface area contributed by atoms with Crippen molar-refractivity contribution in [2.24, 2.45) is 39.6 Å². The summed E-state index contributed by atoms with van der Waals surface area (Å²) in [6, 6.07) is -4.42. The van der Waals surface area contributed by atoms with Crippen LogP contribution in [0.5, 0.6) is 0 Å². The van der Waals surface area contributed by atoms with Crippen LogP contribution in [0.15, 0.2) is 4.99 Å². The smallest absolute Gasteiger partial charge is 0.326 e. The fourth-order valence-corrected chi connectivity index (χ4v) is 3.28. The molecule has 14 N–H and O–H groups in total. The lowest BCUT2D eigenvalue weighted by Crippen LogP contribution is -2.57. The summed E-state index contributed by atoms with van der Waals surface area (Å²) >= 11 is 0. The SMILES string of the molecule is CC(C)C(NC(=O)C(CCCCN)NC(=O)C(CCCN=C(N)N)NC(=O)C(N)CCC(N)=O)C(=O)O. The van der Waals surface area contributed by atoms with E-state index in [4.69, 9.17) is 28.7 Å². The van der Waals surface area contributed by atoms with Crippen LogP contribution in [-0.2, 0) is 24.0 Å². The van der Waals surface area contributed by atoms with Crippen LogP contribution in [0, 0.1) is 5.92 Å². The van der Waals surface area contributed by atoms with E-state index in [9.17, 15) is 29.1 Å². The van der Waals surface area contributed by atoms with E-state index in [0.717, 1.165) is 0 Å². The molecular weight excluding hydrogens is 486 g/mol. The fraction of sp³-hybridized carbons (Fsp3) is 0.727. The van der Waals surface area contributed by atoms with Crippen LogP contribution < -0.4 is 44.6 Å². The lowest BCUT2D eigenvalue weighted by atomic mass is 10.0. The molecule has 0 aromatic heterocycles. The van der Waals surface area contributed by atoms with Gasteiger partial charge in [-0.15, -0.1) is 0 Å². The zero-order chi connectivity index (χ0) is 28.5. The van der Waals surface area contributed by atoms with Crippen molar-refractivity contribution in [1.29, 1.82) is 0 Å². The third-order valence-electron chi connectivity index (χ3n) is 5.43. The maximum atomic E-state index is 13.1. The fourth-order valence-electron chi connectivity index (χ4n) is 3.28. The summed E-state index contributed by atoms with van der Waals surface area (Å²) in [4.78, 5) is 65.0. The van der Waals surface area contributed by atoms with Crippen LogP contribution in [0.2, 0.25) is 0 Å². The highest BCUT2D eigenvalue weighted by Crippen LogP contribution is 2.08. The van der Waals surface area contributed by atoms with Crippen molar-refractivity contribution in [3.05, 3.63) is 0 Å². The molecule has 4 amide bonds. The normalized spacial score (nSPS) is 14.1. The number of nitrogens with zero attached hydrogens (tertiary/aromatic N) is 1. The van der Waals surface area contributed by atoms with Gasteiger partial charge >= 0.3 is 5.97 Å². The zero-order valence-electron chi connectivity index (χ0n) is 21.6. The van der Waals surface area contributed by atoms with Gasteiger partial charge in [-0.1, -0.05) is 13.8 Å². The minimum absolute atomic E-state index is 0.0145. The highest BCUT2D eigenvalue weighted by Gasteiger charge is 2.31. The Morgan fingerprint density at radius 2 is 1.35 bits per heavy atom. The molecule has 0 saturated heterocycles. The largest absolute Gasteiger partial charge is 0.480 e. The zero-order valence-corrected chi connectivity index (χ0v) is 21.6. The van der Waals surface area contributed by atoms with E-state index in [2.05, 4.69) is 20.9 Å². The van der Waals surface area contributed by atoms with E-state index in [-0.39, 0.29) is 38.2 Å². The Bertz CT molecular complexity index is 802. The number of unbranched alkanes of at least 4 members (excludes halogenated alkanes) is 1. The number of carbonyl (C=O) groups is 5. The molecule has 0 spiro atoms. The summed E-state index contributed by atoms with van der Waals surface area (Å²) in [7, 11) is 0. The van der Waals surface area contributed by atoms with Crippen molar-refractivity contribution >= 4 is 35.6 Å². The van der Waals surface area contributed by atoms with E-state index >= 15 is 0 Å². The van der Waals surface area contributed by atoms with E-state index < -0.39 is 59.7 Å². The number of carbonyl (C=O) groups excluding carboxylic acids is 4. The molecule has 212 valence electrons. The van der Waals surface area contributed by atoms with Crippen LogP contribution in [0.1, 0.15) is 58.8 Å². The molecule has 0 aromatic carbocycles. The molecule has 0 aliphatic carbocycles. The first-order valence-corrected chi connectivity index (χ1v) is 12.2. The third kappa shape index (κ3) is 14.6. The quantitative estimate of drug-likeness (QED) is 0.0463. The molecule has 4 atom stereocenters. The minimum atomic E-state index is -1.20. The Labute approximate surface area is 216 Å². The molecule has 0 aliphatic rings. The first kappa shape index (κ1) is 33.5. The van der Waals surface area contributed by atoms with Crippen molar-refractivity contribution in [1.82, 2.24) is 16.0 Å². The van der Waals surface area contributed by atoms with Crippen molar-refractivity contribution in [3.8, 4) is 0 Å². The molecule has 0 rings (SSSR count). The number of carboxylic acids is 1. The van der Waals surface area contributed by atoms with Crippen molar-refractivity contribution in [2.75, 3.05) is 13.1 Å². The topological polar surface area (TPSA) is 284 Å². The number of rotatable bonds is 19. The van der Waals surface area contributed by atoms with E-state index in [0.29, 0.717) is 25.8 Å². The summed E-state index contributed by atoms with van der Waals surface area (Å²) < 4.78 is 0. The lowest BCUT2D eigenvalue weighted by molar-refractivity contribution is -0.143. The Morgan fingerprint density at radius 3 is 1.84 bits per heavy atom. The molecule has 37 heavy (non-hydrogen) atoms. The van der Waals surface area contributed by atoms with Crippen molar-refractivity contribution in [3.63, 3.8) is 0 Å². The molecule has 0 radical (unpaired) electrons. The summed E-state index contributed by atoms with van der Waals surface area (Å²) in [5.74, 6) is -4.38. The standard InChI is InChI=1S/C22H43N9O6/c1-12(2)17(21(36)37)31-20(35)14(6-3-4-10-23)30-19(34)15(7-5-11-28-22(26)27)29-18(33)13(24)8-9-16(25)32/h12-15,17H,3-11,23-24H2,1-2H3,(H2,25,32)(H,29,33)(H,30,34)(H,31,35)(H,36,37)(H4,26,27,28). The maximum absolute atomic E-state index is 13.1. The van der Waals surface area contributed by atoms with Crippen LogP contribution in [-0.4, -0.2) is 77.9 Å². The number of carboxylic acid groups (broad SMARTS) is 1. The number of hydrogen-bond donors (Lipinski definition) is 9. The highest BCUT2D eigenvalue weighted by atomic mass is 16.4. The summed E-state index contributed by atoms with van der Waals surface area (Å²) in [6.45, 7) is 3.85. The molecule has 4 unspecified atom stereocenters. The van der Waals surface area contributed by atoms with Gasteiger partial charge in [0.05, 0.1) is 6.04 Å². The number of nitrogens with one attached hydrogen (secondary N) is 3. The second-order valence-corrected chi connectivity index (χ2v) is 9.04. The van der Waals surface area contributed by atoms with Crippen LogP contribution in [0.25, 0.3) is 0 Å². The average Bonchev–Trinajstić information content (AvgIpc) is 2.81. The molecule has 15 nitrogen and oxygen atoms in total. The number of nitrogens with two attached hydrogens (primary N) is 5. The predicted octanol–water partition coefficient (Wildman–Crippen LogP) is -3.04. The molecule has 0 bridgehead atoms. The monoisotopic (exact) mass is 529 g/mol. The van der Waals surface area contributed by atoms with Gasteiger partial charge < -0.3 is 49.7 Å². The summed E-state index contributed by atoms with van der Waals surface area (Å²) in [5, 5.41) is 17.0.